The summed E-state index contributed by atoms with van der Waals surface area (Å²) in [7, 11) is 3.55. The van der Waals surface area contributed by atoms with Gasteiger partial charge in [-0.3, -0.25) is 4.68 Å². The predicted molar refractivity (Wildman–Crippen MR) is 74.7 cm³/mol. The van der Waals surface area contributed by atoms with Crippen molar-refractivity contribution in [3.05, 3.63) is 36.0 Å². The highest BCUT2D eigenvalue weighted by molar-refractivity contribution is 5.48. The van der Waals surface area contributed by atoms with Crippen molar-refractivity contribution < 1.29 is 9.47 Å². The van der Waals surface area contributed by atoms with Crippen LogP contribution < -0.4 is 14.8 Å². The molecule has 102 valence electrons. The normalized spacial score (nSPS) is 10.3. The molecule has 0 fully saturated rings. The first-order chi connectivity index (χ1) is 9.24. The average Bonchev–Trinajstić information content (AvgIpc) is 2.83. The number of anilines is 1. The second kappa shape index (κ2) is 6.13. The summed E-state index contributed by atoms with van der Waals surface area (Å²) >= 11 is 0. The number of hydrogen-bond acceptors (Lipinski definition) is 4. The Bertz CT molecular complexity index is 537. The highest BCUT2D eigenvalue weighted by Gasteiger charge is 2.09. The van der Waals surface area contributed by atoms with Gasteiger partial charge in [0, 0.05) is 31.4 Å². The van der Waals surface area contributed by atoms with Gasteiger partial charge in [0.1, 0.15) is 5.82 Å². The van der Waals surface area contributed by atoms with Crippen LogP contribution in [0.1, 0.15) is 12.5 Å². The maximum absolute atomic E-state index is 5.55. The molecular formula is C14H19N3O2. The third-order valence-corrected chi connectivity index (χ3v) is 2.74. The second-order valence-electron chi connectivity index (χ2n) is 4.11. The van der Waals surface area contributed by atoms with E-state index in [9.17, 15) is 0 Å². The number of para-hydroxylation sites is 1. The molecule has 0 aliphatic rings. The Hall–Kier alpha value is -2.17. The van der Waals surface area contributed by atoms with Gasteiger partial charge >= 0.3 is 0 Å². The summed E-state index contributed by atoms with van der Waals surface area (Å²) in [5, 5.41) is 7.53. The van der Waals surface area contributed by atoms with Crippen molar-refractivity contribution in [2.24, 2.45) is 7.05 Å². The van der Waals surface area contributed by atoms with E-state index in [1.165, 1.54) is 0 Å². The molecule has 5 heteroatoms. The van der Waals surface area contributed by atoms with Crippen molar-refractivity contribution in [2.45, 2.75) is 13.5 Å². The van der Waals surface area contributed by atoms with Gasteiger partial charge in [0.05, 0.1) is 13.7 Å². The van der Waals surface area contributed by atoms with Gasteiger partial charge in [0.2, 0.25) is 0 Å². The van der Waals surface area contributed by atoms with Crippen LogP contribution in [0.2, 0.25) is 0 Å². The van der Waals surface area contributed by atoms with E-state index < -0.39 is 0 Å². The number of methoxy groups -OCH3 is 1. The Morgan fingerprint density at radius 3 is 2.79 bits per heavy atom. The van der Waals surface area contributed by atoms with Crippen LogP contribution in [-0.2, 0) is 13.6 Å². The molecule has 0 amide bonds. The Morgan fingerprint density at radius 2 is 2.16 bits per heavy atom. The van der Waals surface area contributed by atoms with Crippen LogP contribution in [0.15, 0.2) is 30.5 Å². The largest absolute Gasteiger partial charge is 0.493 e. The maximum atomic E-state index is 5.55. The molecule has 19 heavy (non-hydrogen) atoms. The number of nitrogens with zero attached hydrogens (tertiary/aromatic N) is 2. The van der Waals surface area contributed by atoms with Crippen LogP contribution >= 0.6 is 0 Å². The molecule has 1 heterocycles. The molecule has 0 saturated heterocycles. The third-order valence-electron chi connectivity index (χ3n) is 2.74. The van der Waals surface area contributed by atoms with Crippen LogP contribution in [0.3, 0.4) is 0 Å². The molecule has 0 unspecified atom stereocenters. The Morgan fingerprint density at radius 1 is 1.32 bits per heavy atom. The zero-order valence-corrected chi connectivity index (χ0v) is 11.5. The molecule has 1 aromatic carbocycles. The number of rotatable bonds is 6. The van der Waals surface area contributed by atoms with Crippen molar-refractivity contribution in [1.82, 2.24) is 9.78 Å². The molecule has 0 atom stereocenters. The lowest BCUT2D eigenvalue weighted by atomic mass is 10.2. The minimum Gasteiger partial charge on any atom is -0.493 e. The van der Waals surface area contributed by atoms with Gasteiger partial charge in [-0.05, 0) is 13.0 Å². The van der Waals surface area contributed by atoms with E-state index in [1.807, 2.05) is 44.4 Å². The minimum atomic E-state index is 0.619. The first-order valence-electron chi connectivity index (χ1n) is 6.26. The highest BCUT2D eigenvalue weighted by atomic mass is 16.5. The quantitative estimate of drug-likeness (QED) is 0.867. The standard InChI is InChI=1S/C14H19N3O2/c1-4-19-12-7-5-6-11(14(12)18-3)10-15-13-8-9-17(2)16-13/h5-9H,4,10H2,1-3H3,(H,15,16). The van der Waals surface area contributed by atoms with Gasteiger partial charge in [0.25, 0.3) is 0 Å². The molecule has 0 aliphatic heterocycles. The van der Waals surface area contributed by atoms with Crippen LogP contribution in [0.4, 0.5) is 5.82 Å². The smallest absolute Gasteiger partial charge is 0.165 e. The van der Waals surface area contributed by atoms with Crippen molar-refractivity contribution in [1.29, 1.82) is 0 Å². The number of nitrogens with one attached hydrogen (secondary N) is 1. The van der Waals surface area contributed by atoms with Gasteiger partial charge in [-0.2, -0.15) is 5.10 Å². The minimum absolute atomic E-state index is 0.619. The van der Waals surface area contributed by atoms with E-state index in [-0.39, 0.29) is 0 Å². The molecule has 0 spiro atoms. The highest BCUT2D eigenvalue weighted by Crippen LogP contribution is 2.31. The second-order valence-corrected chi connectivity index (χ2v) is 4.11. The maximum Gasteiger partial charge on any atom is 0.165 e. The molecule has 2 rings (SSSR count). The van der Waals surface area contributed by atoms with Gasteiger partial charge in [-0.1, -0.05) is 12.1 Å². The summed E-state index contributed by atoms with van der Waals surface area (Å²) in [5.41, 5.74) is 1.04. The summed E-state index contributed by atoms with van der Waals surface area (Å²) in [5.74, 6) is 2.38. The molecule has 0 bridgehead atoms. The number of aryl methyl sites for hydroxylation is 1. The first-order valence-corrected chi connectivity index (χ1v) is 6.26. The number of ether oxygens (including phenoxy) is 2. The Balaban J connectivity index is 2.13. The number of benzene rings is 1. The molecular weight excluding hydrogens is 242 g/mol. The molecule has 0 aliphatic carbocycles. The van der Waals surface area contributed by atoms with Gasteiger partial charge in [0.15, 0.2) is 11.5 Å². The van der Waals surface area contributed by atoms with Gasteiger partial charge in [-0.15, -0.1) is 0 Å². The van der Waals surface area contributed by atoms with E-state index >= 15 is 0 Å². The first kappa shape index (κ1) is 13.3. The lowest BCUT2D eigenvalue weighted by molar-refractivity contribution is 0.309. The van der Waals surface area contributed by atoms with Crippen LogP contribution in [0.25, 0.3) is 0 Å². The Labute approximate surface area is 113 Å². The fraction of sp³-hybridized carbons (Fsp3) is 0.357. The third kappa shape index (κ3) is 3.19. The number of aromatic nitrogens is 2. The van der Waals surface area contributed by atoms with E-state index in [0.717, 1.165) is 22.9 Å². The molecule has 2 aromatic rings. The number of hydrogen-bond donors (Lipinski definition) is 1. The van der Waals surface area contributed by atoms with Crippen molar-refractivity contribution in [2.75, 3.05) is 19.0 Å². The van der Waals surface area contributed by atoms with Gasteiger partial charge in [-0.25, -0.2) is 0 Å². The topological polar surface area (TPSA) is 48.3 Å². The summed E-state index contributed by atoms with van der Waals surface area (Å²) in [6.07, 6.45) is 1.90. The molecule has 0 saturated carbocycles. The molecule has 1 aromatic heterocycles. The van der Waals surface area contributed by atoms with E-state index in [0.29, 0.717) is 13.2 Å². The van der Waals surface area contributed by atoms with E-state index in [2.05, 4.69) is 10.4 Å². The molecule has 0 radical (unpaired) electrons. The zero-order valence-electron chi connectivity index (χ0n) is 11.5. The van der Waals surface area contributed by atoms with Crippen molar-refractivity contribution in [3.8, 4) is 11.5 Å². The van der Waals surface area contributed by atoms with Crippen LogP contribution in [0, 0.1) is 0 Å². The van der Waals surface area contributed by atoms with Gasteiger partial charge < -0.3 is 14.8 Å². The Kier molecular flexibility index (Phi) is 4.28. The molecule has 1 N–H and O–H groups in total. The molecule has 5 nitrogen and oxygen atoms in total. The lowest BCUT2D eigenvalue weighted by Gasteiger charge is -2.13. The van der Waals surface area contributed by atoms with Crippen LogP contribution in [0.5, 0.6) is 11.5 Å². The fourth-order valence-corrected chi connectivity index (χ4v) is 1.90. The summed E-state index contributed by atoms with van der Waals surface area (Å²) in [4.78, 5) is 0. The fourth-order valence-electron chi connectivity index (χ4n) is 1.90. The van der Waals surface area contributed by atoms with Crippen LogP contribution in [-0.4, -0.2) is 23.5 Å². The van der Waals surface area contributed by atoms with E-state index in [1.54, 1.807) is 11.8 Å². The average molecular weight is 261 g/mol. The summed E-state index contributed by atoms with van der Waals surface area (Å²) in [6.45, 7) is 3.22. The summed E-state index contributed by atoms with van der Waals surface area (Å²) in [6, 6.07) is 7.81. The van der Waals surface area contributed by atoms with Crippen molar-refractivity contribution >= 4 is 5.82 Å². The predicted octanol–water partition coefficient (Wildman–Crippen LogP) is 2.44. The van der Waals surface area contributed by atoms with E-state index in [4.69, 9.17) is 9.47 Å². The monoisotopic (exact) mass is 261 g/mol. The SMILES string of the molecule is CCOc1cccc(CNc2ccn(C)n2)c1OC. The van der Waals surface area contributed by atoms with Crippen molar-refractivity contribution in [3.63, 3.8) is 0 Å². The zero-order chi connectivity index (χ0) is 13.7. The summed E-state index contributed by atoms with van der Waals surface area (Å²) < 4.78 is 12.7. The lowest BCUT2D eigenvalue weighted by Crippen LogP contribution is -2.04.